The van der Waals surface area contributed by atoms with Crippen molar-refractivity contribution in [2.75, 3.05) is 0 Å². The molecule has 0 aliphatic heterocycles. The van der Waals surface area contributed by atoms with Crippen LogP contribution in [-0.2, 0) is 0 Å². The van der Waals surface area contributed by atoms with E-state index in [1.54, 1.807) is 12.4 Å². The molecule has 0 atom stereocenters. The maximum absolute atomic E-state index is 5.25. The summed E-state index contributed by atoms with van der Waals surface area (Å²) in [6.07, 6.45) is 5.97. The number of allylic oxidation sites excluding steroid dienone is 2. The molecule has 0 unspecified atom stereocenters. The number of rotatable bonds is 3. The van der Waals surface area contributed by atoms with Crippen LogP contribution in [0, 0.1) is 0 Å². The summed E-state index contributed by atoms with van der Waals surface area (Å²) in [5, 5.41) is 0. The predicted molar refractivity (Wildman–Crippen MR) is 41.3 cm³/mol. The first-order valence-corrected chi connectivity index (χ1v) is 2.88. The summed E-state index contributed by atoms with van der Waals surface area (Å²) < 4.78 is 0. The number of hydrogen-bond donors (Lipinski definition) is 1. The van der Waals surface area contributed by atoms with E-state index < -0.39 is 0 Å². The van der Waals surface area contributed by atoms with Gasteiger partial charge in [0.05, 0.1) is 0 Å². The summed E-state index contributed by atoms with van der Waals surface area (Å²) in [5.41, 5.74) is 6.32. The van der Waals surface area contributed by atoms with Gasteiger partial charge < -0.3 is 5.73 Å². The molecule has 0 saturated heterocycles. The monoisotopic (exact) mass is 124 g/mol. The molecule has 0 aromatic heterocycles. The molecule has 0 spiro atoms. The van der Waals surface area contributed by atoms with E-state index in [0.717, 1.165) is 12.0 Å². The number of aliphatic imine (C=N–C) groups is 1. The van der Waals surface area contributed by atoms with Crippen LogP contribution in [-0.4, -0.2) is 6.72 Å². The molecule has 0 aromatic carbocycles. The fourth-order valence-corrected chi connectivity index (χ4v) is 0.440. The number of nitrogens with zero attached hydrogens (tertiary/aromatic N) is 1. The van der Waals surface area contributed by atoms with E-state index in [1.807, 2.05) is 13.0 Å². The van der Waals surface area contributed by atoms with Crippen molar-refractivity contribution in [3.63, 3.8) is 0 Å². The zero-order valence-corrected chi connectivity index (χ0v) is 5.67. The van der Waals surface area contributed by atoms with Crippen LogP contribution in [0.25, 0.3) is 0 Å². The van der Waals surface area contributed by atoms with Crippen molar-refractivity contribution in [2.45, 2.75) is 13.3 Å². The minimum Gasteiger partial charge on any atom is -0.404 e. The van der Waals surface area contributed by atoms with Gasteiger partial charge in [0.1, 0.15) is 0 Å². The molecule has 0 aromatic rings. The average Bonchev–Trinajstić information content (AvgIpc) is 1.91. The SMILES string of the molecule is C=N/C=C\C(=C/N)CC. The molecular weight excluding hydrogens is 112 g/mol. The maximum atomic E-state index is 5.25. The van der Waals surface area contributed by atoms with Gasteiger partial charge in [0.15, 0.2) is 0 Å². The molecule has 0 radical (unpaired) electrons. The molecule has 0 aliphatic rings. The second-order valence-corrected chi connectivity index (χ2v) is 1.59. The minimum atomic E-state index is 0.933. The lowest BCUT2D eigenvalue weighted by Gasteiger charge is -1.89. The van der Waals surface area contributed by atoms with Crippen molar-refractivity contribution in [3.8, 4) is 0 Å². The summed E-state index contributed by atoms with van der Waals surface area (Å²) in [4.78, 5) is 3.54. The van der Waals surface area contributed by atoms with Crippen molar-refractivity contribution in [2.24, 2.45) is 10.7 Å². The van der Waals surface area contributed by atoms with Crippen LogP contribution in [0.15, 0.2) is 29.0 Å². The molecule has 0 bridgehead atoms. The largest absolute Gasteiger partial charge is 0.404 e. The molecule has 50 valence electrons. The van der Waals surface area contributed by atoms with Gasteiger partial charge >= 0.3 is 0 Å². The van der Waals surface area contributed by atoms with Crippen LogP contribution >= 0.6 is 0 Å². The lowest BCUT2D eigenvalue weighted by Crippen LogP contribution is -1.82. The third kappa shape index (κ3) is 3.53. The molecule has 0 aliphatic carbocycles. The van der Waals surface area contributed by atoms with E-state index in [-0.39, 0.29) is 0 Å². The van der Waals surface area contributed by atoms with E-state index in [1.165, 1.54) is 0 Å². The molecule has 2 nitrogen and oxygen atoms in total. The Kier molecular flexibility index (Phi) is 4.50. The molecule has 9 heavy (non-hydrogen) atoms. The Morgan fingerprint density at radius 3 is 2.78 bits per heavy atom. The van der Waals surface area contributed by atoms with E-state index in [0.29, 0.717) is 0 Å². The van der Waals surface area contributed by atoms with Gasteiger partial charge in [-0.2, -0.15) is 0 Å². The Morgan fingerprint density at radius 2 is 2.44 bits per heavy atom. The highest BCUT2D eigenvalue weighted by Gasteiger charge is 1.81. The molecule has 2 heteroatoms. The lowest BCUT2D eigenvalue weighted by molar-refractivity contribution is 1.13. The van der Waals surface area contributed by atoms with Crippen molar-refractivity contribution in [1.29, 1.82) is 0 Å². The van der Waals surface area contributed by atoms with Gasteiger partial charge in [0, 0.05) is 6.20 Å². The first-order chi connectivity index (χ1) is 4.35. The van der Waals surface area contributed by atoms with Crippen LogP contribution < -0.4 is 5.73 Å². The molecule has 0 rings (SSSR count). The smallest absolute Gasteiger partial charge is 0.0263 e. The fraction of sp³-hybridized carbons (Fsp3) is 0.286. The summed E-state index contributed by atoms with van der Waals surface area (Å²) in [6, 6.07) is 0. The van der Waals surface area contributed by atoms with Crippen LogP contribution in [0.3, 0.4) is 0 Å². The third-order valence-corrected chi connectivity index (χ3v) is 1.02. The zero-order chi connectivity index (χ0) is 7.11. The number of hydrogen-bond acceptors (Lipinski definition) is 2. The Morgan fingerprint density at radius 1 is 1.78 bits per heavy atom. The van der Waals surface area contributed by atoms with E-state index in [2.05, 4.69) is 11.7 Å². The highest BCUT2D eigenvalue weighted by molar-refractivity contribution is 5.27. The van der Waals surface area contributed by atoms with Crippen LogP contribution in [0.2, 0.25) is 0 Å². The van der Waals surface area contributed by atoms with Crippen LogP contribution in [0.4, 0.5) is 0 Å². The van der Waals surface area contributed by atoms with E-state index in [9.17, 15) is 0 Å². The van der Waals surface area contributed by atoms with Gasteiger partial charge in [0.25, 0.3) is 0 Å². The Balaban J connectivity index is 3.84. The van der Waals surface area contributed by atoms with Gasteiger partial charge in [-0.25, -0.2) is 0 Å². The second-order valence-electron chi connectivity index (χ2n) is 1.59. The van der Waals surface area contributed by atoms with Gasteiger partial charge in [-0.05, 0) is 31.0 Å². The second kappa shape index (κ2) is 5.09. The normalized spacial score (nSPS) is 12.3. The number of nitrogens with two attached hydrogens (primary N) is 1. The zero-order valence-electron chi connectivity index (χ0n) is 5.67. The highest BCUT2D eigenvalue weighted by atomic mass is 14.6. The van der Waals surface area contributed by atoms with E-state index in [4.69, 9.17) is 5.73 Å². The highest BCUT2D eigenvalue weighted by Crippen LogP contribution is 1.98. The molecule has 0 heterocycles. The standard InChI is InChI=1S/C7H12N2/c1-3-7(6-8)4-5-9-2/h4-6H,2-3,8H2,1H3/b5-4-,7-6-. The van der Waals surface area contributed by atoms with E-state index >= 15 is 0 Å². The first-order valence-electron chi connectivity index (χ1n) is 2.88. The maximum Gasteiger partial charge on any atom is 0.0263 e. The Bertz CT molecular complexity index is 134. The van der Waals surface area contributed by atoms with Gasteiger partial charge in [-0.3, -0.25) is 4.99 Å². The summed E-state index contributed by atoms with van der Waals surface area (Å²) in [6.45, 7) is 5.33. The predicted octanol–water partition coefficient (Wildman–Crippen LogP) is 1.45. The van der Waals surface area contributed by atoms with Crippen LogP contribution in [0.1, 0.15) is 13.3 Å². The van der Waals surface area contributed by atoms with Crippen molar-refractivity contribution >= 4 is 6.72 Å². The minimum absolute atomic E-state index is 0.933. The third-order valence-electron chi connectivity index (χ3n) is 1.02. The first kappa shape index (κ1) is 7.95. The Hall–Kier alpha value is -1.05. The quantitative estimate of drug-likeness (QED) is 0.449. The lowest BCUT2D eigenvalue weighted by atomic mass is 10.2. The fourth-order valence-electron chi connectivity index (χ4n) is 0.440. The topological polar surface area (TPSA) is 38.4 Å². The van der Waals surface area contributed by atoms with Crippen molar-refractivity contribution in [3.05, 3.63) is 24.0 Å². The molecule has 0 amide bonds. The van der Waals surface area contributed by atoms with Gasteiger partial charge in [-0.1, -0.05) is 6.92 Å². The summed E-state index contributed by atoms with van der Waals surface area (Å²) >= 11 is 0. The van der Waals surface area contributed by atoms with Crippen molar-refractivity contribution < 1.29 is 0 Å². The average molecular weight is 124 g/mol. The van der Waals surface area contributed by atoms with Crippen molar-refractivity contribution in [1.82, 2.24) is 0 Å². The van der Waals surface area contributed by atoms with Gasteiger partial charge in [-0.15, -0.1) is 0 Å². The summed E-state index contributed by atoms with van der Waals surface area (Å²) in [7, 11) is 0. The molecule has 2 N–H and O–H groups in total. The van der Waals surface area contributed by atoms with Crippen LogP contribution in [0.5, 0.6) is 0 Å². The summed E-state index contributed by atoms with van der Waals surface area (Å²) in [5.74, 6) is 0. The molecule has 0 saturated carbocycles. The Labute approximate surface area is 55.8 Å². The molecular formula is C7H12N2. The molecule has 0 fully saturated rings. The van der Waals surface area contributed by atoms with Gasteiger partial charge in [0.2, 0.25) is 0 Å².